The number of nitrogens with one attached hydrogen (secondary N) is 1. The molecule has 5 nitrogen and oxygen atoms in total. The number of halogens is 2. The van der Waals surface area contributed by atoms with Crippen LogP contribution >= 0.6 is 36.2 Å². The number of hydrogen-bond donors (Lipinski definition) is 2. The van der Waals surface area contributed by atoms with Crippen molar-refractivity contribution in [2.24, 2.45) is 5.73 Å². The number of carbonyl (C=O) groups is 1. The highest BCUT2D eigenvalue weighted by Crippen LogP contribution is 2.26. The molecule has 3 N–H and O–H groups in total. The summed E-state index contributed by atoms with van der Waals surface area (Å²) in [7, 11) is 2.11. The van der Waals surface area contributed by atoms with Gasteiger partial charge in [-0.05, 0) is 26.8 Å². The van der Waals surface area contributed by atoms with E-state index in [-0.39, 0.29) is 30.7 Å². The first kappa shape index (κ1) is 19.6. The maximum atomic E-state index is 11.9. The van der Waals surface area contributed by atoms with Crippen LogP contribution in [0.2, 0.25) is 0 Å². The quantitative estimate of drug-likeness (QED) is 0.826. The Labute approximate surface area is 136 Å². The van der Waals surface area contributed by atoms with E-state index in [1.54, 1.807) is 5.38 Å². The van der Waals surface area contributed by atoms with E-state index in [4.69, 9.17) is 5.73 Å². The molecule has 1 amide bonds. The molecule has 1 saturated carbocycles. The van der Waals surface area contributed by atoms with Crippen molar-refractivity contribution in [2.75, 3.05) is 13.6 Å². The summed E-state index contributed by atoms with van der Waals surface area (Å²) in [5.74, 6) is -0.109. The predicted molar refractivity (Wildman–Crippen MR) is 87.1 cm³/mol. The summed E-state index contributed by atoms with van der Waals surface area (Å²) < 4.78 is 0. The topological polar surface area (TPSA) is 71.2 Å². The minimum Gasteiger partial charge on any atom is -0.349 e. The average Bonchev–Trinajstić information content (AvgIpc) is 3.12. The molecule has 1 heterocycles. The molecule has 0 spiro atoms. The Balaban J connectivity index is 0.00000180. The van der Waals surface area contributed by atoms with E-state index in [0.29, 0.717) is 30.9 Å². The lowest BCUT2D eigenvalue weighted by molar-refractivity contribution is 0.0935. The number of carbonyl (C=O) groups excluding carboxylic acids is 1. The standard InChI is InChI=1S/C12H20N4OS.2ClH/c1-8(16(2)9-3-4-9)6-14-12(17)10-7-18-11(5-13)15-10;;/h7-9H,3-6,13H2,1-2H3,(H,14,17);2*1H. The number of aromatic nitrogens is 1. The summed E-state index contributed by atoms with van der Waals surface area (Å²) in [6, 6.07) is 1.06. The Bertz CT molecular complexity index is 425. The fraction of sp³-hybridized carbons (Fsp3) is 0.667. The number of hydrogen-bond acceptors (Lipinski definition) is 5. The molecule has 1 aromatic rings. The highest BCUT2D eigenvalue weighted by Gasteiger charge is 2.29. The summed E-state index contributed by atoms with van der Waals surface area (Å²) in [5.41, 5.74) is 5.95. The zero-order valence-corrected chi connectivity index (χ0v) is 14.1. The van der Waals surface area contributed by atoms with Crippen molar-refractivity contribution in [1.29, 1.82) is 0 Å². The van der Waals surface area contributed by atoms with E-state index in [1.807, 2.05) is 0 Å². The molecule has 8 heteroatoms. The maximum absolute atomic E-state index is 11.9. The first-order chi connectivity index (χ1) is 8.61. The van der Waals surface area contributed by atoms with E-state index < -0.39 is 0 Å². The minimum atomic E-state index is -0.109. The largest absolute Gasteiger partial charge is 0.349 e. The molecule has 1 aliphatic carbocycles. The second-order valence-electron chi connectivity index (χ2n) is 4.79. The third kappa shape index (κ3) is 5.18. The van der Waals surface area contributed by atoms with Crippen molar-refractivity contribution in [3.8, 4) is 0 Å². The smallest absolute Gasteiger partial charge is 0.270 e. The Kier molecular flexibility index (Phi) is 8.62. The lowest BCUT2D eigenvalue weighted by Gasteiger charge is -2.24. The van der Waals surface area contributed by atoms with Crippen molar-refractivity contribution in [2.45, 2.75) is 38.4 Å². The number of rotatable bonds is 6. The molecule has 2 rings (SSSR count). The molecule has 0 bridgehead atoms. The summed E-state index contributed by atoms with van der Waals surface area (Å²) >= 11 is 1.43. The van der Waals surface area contributed by atoms with Gasteiger partial charge in [-0.25, -0.2) is 4.98 Å². The lowest BCUT2D eigenvalue weighted by Crippen LogP contribution is -2.41. The normalized spacial score (nSPS) is 15.2. The first-order valence-corrected chi connectivity index (χ1v) is 7.14. The second-order valence-corrected chi connectivity index (χ2v) is 5.73. The van der Waals surface area contributed by atoms with E-state index in [1.165, 1.54) is 24.2 Å². The van der Waals surface area contributed by atoms with Gasteiger partial charge in [0.2, 0.25) is 0 Å². The lowest BCUT2D eigenvalue weighted by atomic mass is 10.3. The van der Waals surface area contributed by atoms with Gasteiger partial charge in [-0.2, -0.15) is 0 Å². The fourth-order valence-electron chi connectivity index (χ4n) is 1.83. The van der Waals surface area contributed by atoms with E-state index in [9.17, 15) is 4.79 Å². The van der Waals surface area contributed by atoms with Crippen molar-refractivity contribution < 1.29 is 4.79 Å². The monoisotopic (exact) mass is 340 g/mol. The third-order valence-corrected chi connectivity index (χ3v) is 4.21. The number of thiazole rings is 1. The Morgan fingerprint density at radius 1 is 1.60 bits per heavy atom. The number of nitrogens with zero attached hydrogens (tertiary/aromatic N) is 2. The SMILES string of the molecule is CC(CNC(=O)c1csc(CN)n1)N(C)C1CC1.Cl.Cl. The zero-order chi connectivity index (χ0) is 13.1. The molecule has 0 radical (unpaired) electrons. The molecule has 0 aliphatic heterocycles. The van der Waals surface area contributed by atoms with Crippen molar-refractivity contribution in [3.05, 3.63) is 16.1 Å². The van der Waals surface area contributed by atoms with E-state index in [2.05, 4.69) is 29.2 Å². The maximum Gasteiger partial charge on any atom is 0.270 e. The predicted octanol–water partition coefficient (Wildman–Crippen LogP) is 1.66. The molecule has 1 aliphatic rings. The van der Waals surface area contributed by atoms with Gasteiger partial charge in [0.15, 0.2) is 0 Å². The molecule has 0 aromatic carbocycles. The van der Waals surface area contributed by atoms with Crippen LogP contribution in [0.1, 0.15) is 35.3 Å². The summed E-state index contributed by atoms with van der Waals surface area (Å²) in [6.45, 7) is 3.17. The third-order valence-electron chi connectivity index (χ3n) is 3.34. The van der Waals surface area contributed by atoms with Crippen LogP contribution < -0.4 is 11.1 Å². The molecule has 1 atom stereocenters. The van der Waals surface area contributed by atoms with Crippen LogP contribution in [0.3, 0.4) is 0 Å². The Morgan fingerprint density at radius 3 is 2.75 bits per heavy atom. The van der Waals surface area contributed by atoms with Crippen molar-refractivity contribution in [3.63, 3.8) is 0 Å². The average molecular weight is 341 g/mol. The van der Waals surface area contributed by atoms with Crippen LogP contribution in [0.5, 0.6) is 0 Å². The first-order valence-electron chi connectivity index (χ1n) is 6.26. The highest BCUT2D eigenvalue weighted by atomic mass is 35.5. The van der Waals surface area contributed by atoms with Gasteiger partial charge in [-0.15, -0.1) is 36.2 Å². The van der Waals surface area contributed by atoms with Gasteiger partial charge in [0.1, 0.15) is 10.7 Å². The summed E-state index contributed by atoms with van der Waals surface area (Å²) in [4.78, 5) is 18.4. The fourth-order valence-corrected chi connectivity index (χ4v) is 2.48. The van der Waals surface area contributed by atoms with Crippen LogP contribution in [-0.4, -0.2) is 41.5 Å². The van der Waals surface area contributed by atoms with Gasteiger partial charge in [0.25, 0.3) is 5.91 Å². The van der Waals surface area contributed by atoms with Gasteiger partial charge in [0, 0.05) is 30.6 Å². The van der Waals surface area contributed by atoms with Crippen LogP contribution in [0.15, 0.2) is 5.38 Å². The molecular formula is C12H22Cl2N4OS. The second kappa shape index (κ2) is 8.79. The molecular weight excluding hydrogens is 319 g/mol. The zero-order valence-electron chi connectivity index (χ0n) is 11.7. The van der Waals surface area contributed by atoms with E-state index >= 15 is 0 Å². The highest BCUT2D eigenvalue weighted by molar-refractivity contribution is 7.09. The number of nitrogens with two attached hydrogens (primary N) is 1. The number of likely N-dealkylation sites (N-methyl/N-ethyl adjacent to an activating group) is 1. The van der Waals surface area contributed by atoms with Crippen LogP contribution in [0.4, 0.5) is 0 Å². The van der Waals surface area contributed by atoms with Gasteiger partial charge < -0.3 is 11.1 Å². The van der Waals surface area contributed by atoms with Gasteiger partial charge in [-0.1, -0.05) is 0 Å². The van der Waals surface area contributed by atoms with Crippen LogP contribution in [-0.2, 0) is 6.54 Å². The molecule has 1 fully saturated rings. The van der Waals surface area contributed by atoms with Crippen LogP contribution in [0, 0.1) is 0 Å². The minimum absolute atomic E-state index is 0. The molecule has 116 valence electrons. The van der Waals surface area contributed by atoms with Crippen LogP contribution in [0.25, 0.3) is 0 Å². The Hall–Kier alpha value is -0.400. The summed E-state index contributed by atoms with van der Waals surface area (Å²) in [6.07, 6.45) is 2.56. The van der Waals surface area contributed by atoms with Gasteiger partial charge in [0.05, 0.1) is 0 Å². The van der Waals surface area contributed by atoms with Crippen molar-refractivity contribution in [1.82, 2.24) is 15.2 Å². The van der Waals surface area contributed by atoms with Crippen molar-refractivity contribution >= 4 is 42.1 Å². The molecule has 1 unspecified atom stereocenters. The van der Waals surface area contributed by atoms with Gasteiger partial charge >= 0.3 is 0 Å². The molecule has 20 heavy (non-hydrogen) atoms. The Morgan fingerprint density at radius 2 is 2.25 bits per heavy atom. The van der Waals surface area contributed by atoms with E-state index in [0.717, 1.165) is 5.01 Å². The number of amides is 1. The summed E-state index contributed by atoms with van der Waals surface area (Å²) in [5, 5.41) is 5.47. The molecule has 0 saturated heterocycles. The molecule has 1 aromatic heterocycles. The van der Waals surface area contributed by atoms with Gasteiger partial charge in [-0.3, -0.25) is 9.69 Å².